The number of ether oxygens (including phenoxy) is 6. The van der Waals surface area contributed by atoms with E-state index in [1.165, 1.54) is 0 Å². The Kier molecular flexibility index (Phi) is 9.99. The summed E-state index contributed by atoms with van der Waals surface area (Å²) >= 11 is 0. The lowest BCUT2D eigenvalue weighted by atomic mass is 9.95. The molecule has 0 aliphatic carbocycles. The molecule has 0 aromatic heterocycles. The van der Waals surface area contributed by atoms with E-state index in [1.54, 1.807) is 0 Å². The number of aliphatic carboxylic acids is 1. The molecule has 222 valence electrons. The van der Waals surface area contributed by atoms with Crippen LogP contribution in [0.5, 0.6) is 0 Å². The lowest BCUT2D eigenvalue weighted by Crippen LogP contribution is -2.64. The third-order valence-electron chi connectivity index (χ3n) is 7.33. The van der Waals surface area contributed by atoms with Crippen molar-refractivity contribution in [2.24, 2.45) is 0 Å². The molecule has 9 heteroatoms. The highest BCUT2D eigenvalue weighted by molar-refractivity contribution is 5.76. The fourth-order valence-electron chi connectivity index (χ4n) is 5.22. The van der Waals surface area contributed by atoms with Crippen molar-refractivity contribution in [3.63, 3.8) is 0 Å². The van der Waals surface area contributed by atoms with Crippen molar-refractivity contribution in [3.8, 4) is 0 Å². The van der Waals surface area contributed by atoms with E-state index in [9.17, 15) is 14.7 Å². The van der Waals surface area contributed by atoms with Crippen molar-refractivity contribution in [2.45, 2.75) is 62.7 Å². The number of hydrogen-bond acceptors (Lipinski definition) is 8. The predicted molar refractivity (Wildman–Crippen MR) is 151 cm³/mol. The lowest BCUT2D eigenvalue weighted by molar-refractivity contribution is -0.359. The predicted octanol–water partition coefficient (Wildman–Crippen LogP) is 4.67. The Morgan fingerprint density at radius 3 is 1.95 bits per heavy atom. The van der Waals surface area contributed by atoms with Gasteiger partial charge in [0.05, 0.1) is 45.6 Å². The Balaban J connectivity index is 1.29. The smallest absolute Gasteiger partial charge is 0.341 e. The Hall–Kier alpha value is -3.60. The molecule has 5 rings (SSSR count). The van der Waals surface area contributed by atoms with Gasteiger partial charge in [-0.05, 0) is 23.1 Å². The van der Waals surface area contributed by atoms with Gasteiger partial charge in [0.25, 0.3) is 0 Å². The highest BCUT2D eigenvalue weighted by Gasteiger charge is 2.60. The van der Waals surface area contributed by atoms with E-state index >= 15 is 0 Å². The third-order valence-corrected chi connectivity index (χ3v) is 7.33. The maximum atomic E-state index is 13.6. The zero-order chi connectivity index (χ0) is 29.3. The standard InChI is InChI=1S/C33H36O9/c34-29(35)18-32(23-38-20-26-12-6-2-7-13-26)24-40-33(30(42-32)31(36)39-21-27-14-8-3-9-15-27)17-16-28(41-33)22-37-19-25-10-4-1-5-11-25/h1-15,28,30H,16-24H2,(H,34,35)/t28-,30?,32?,33-/m1/s1. The fourth-order valence-corrected chi connectivity index (χ4v) is 5.22. The zero-order valence-electron chi connectivity index (χ0n) is 23.4. The maximum absolute atomic E-state index is 13.6. The van der Waals surface area contributed by atoms with Crippen LogP contribution in [0.15, 0.2) is 91.0 Å². The van der Waals surface area contributed by atoms with Crippen LogP contribution in [0.1, 0.15) is 36.0 Å². The van der Waals surface area contributed by atoms with E-state index in [1.807, 2.05) is 91.0 Å². The first kappa shape index (κ1) is 29.9. The Labute approximate surface area is 245 Å². The number of esters is 1. The van der Waals surface area contributed by atoms with Crippen molar-refractivity contribution in [1.29, 1.82) is 0 Å². The van der Waals surface area contributed by atoms with E-state index in [2.05, 4.69) is 0 Å². The van der Waals surface area contributed by atoms with Gasteiger partial charge in [-0.15, -0.1) is 0 Å². The highest BCUT2D eigenvalue weighted by Crippen LogP contribution is 2.43. The average Bonchev–Trinajstić information content (AvgIpc) is 3.42. The van der Waals surface area contributed by atoms with Crippen LogP contribution in [0.2, 0.25) is 0 Å². The van der Waals surface area contributed by atoms with Gasteiger partial charge in [-0.1, -0.05) is 91.0 Å². The molecule has 1 spiro atoms. The van der Waals surface area contributed by atoms with Crippen LogP contribution in [0.25, 0.3) is 0 Å². The first-order valence-electron chi connectivity index (χ1n) is 14.1. The SMILES string of the molecule is O=C(O)CC1(COCc2ccccc2)CO[C@@]2(CC[C@H](COCc3ccccc3)O2)C(C(=O)OCc2ccccc2)O1. The summed E-state index contributed by atoms with van der Waals surface area (Å²) in [6.45, 7) is 0.762. The molecular weight excluding hydrogens is 540 g/mol. The molecule has 2 heterocycles. The lowest BCUT2D eigenvalue weighted by Gasteiger charge is -2.47. The number of carbonyl (C=O) groups is 2. The van der Waals surface area contributed by atoms with Crippen molar-refractivity contribution in [1.82, 2.24) is 0 Å². The molecule has 1 N–H and O–H groups in total. The molecule has 3 aromatic carbocycles. The number of rotatable bonds is 13. The molecule has 0 bridgehead atoms. The molecule has 4 atom stereocenters. The van der Waals surface area contributed by atoms with Gasteiger partial charge in [0.1, 0.15) is 12.2 Å². The summed E-state index contributed by atoms with van der Waals surface area (Å²) in [5.41, 5.74) is 1.35. The van der Waals surface area contributed by atoms with Crippen LogP contribution in [0.4, 0.5) is 0 Å². The minimum atomic E-state index is -1.43. The van der Waals surface area contributed by atoms with Crippen molar-refractivity contribution in [3.05, 3.63) is 108 Å². The molecule has 9 nitrogen and oxygen atoms in total. The summed E-state index contributed by atoms with van der Waals surface area (Å²) in [6, 6.07) is 28.6. The van der Waals surface area contributed by atoms with Crippen molar-refractivity contribution < 1.29 is 43.1 Å². The van der Waals surface area contributed by atoms with Crippen LogP contribution in [-0.2, 0) is 57.8 Å². The highest BCUT2D eigenvalue weighted by atomic mass is 16.8. The number of hydrogen-bond donors (Lipinski definition) is 1. The first-order valence-corrected chi connectivity index (χ1v) is 14.1. The fraction of sp³-hybridized carbons (Fsp3) is 0.394. The van der Waals surface area contributed by atoms with E-state index in [0.717, 1.165) is 16.7 Å². The van der Waals surface area contributed by atoms with Gasteiger partial charge >= 0.3 is 11.9 Å². The van der Waals surface area contributed by atoms with Crippen LogP contribution < -0.4 is 0 Å². The summed E-state index contributed by atoms with van der Waals surface area (Å²) in [4.78, 5) is 25.5. The molecule has 2 saturated heterocycles. The molecule has 2 aliphatic heterocycles. The average molecular weight is 577 g/mol. The van der Waals surface area contributed by atoms with Crippen LogP contribution >= 0.6 is 0 Å². The van der Waals surface area contributed by atoms with Crippen molar-refractivity contribution in [2.75, 3.05) is 19.8 Å². The van der Waals surface area contributed by atoms with E-state index < -0.39 is 35.9 Å². The summed E-state index contributed by atoms with van der Waals surface area (Å²) in [5.74, 6) is -3.23. The van der Waals surface area contributed by atoms with Crippen LogP contribution in [0, 0.1) is 0 Å². The summed E-state index contributed by atoms with van der Waals surface area (Å²) < 4.78 is 36.4. The zero-order valence-corrected chi connectivity index (χ0v) is 23.4. The van der Waals surface area contributed by atoms with E-state index in [-0.39, 0.29) is 32.5 Å². The molecule has 2 unspecified atom stereocenters. The van der Waals surface area contributed by atoms with Gasteiger partial charge < -0.3 is 33.5 Å². The van der Waals surface area contributed by atoms with E-state index in [0.29, 0.717) is 26.1 Å². The van der Waals surface area contributed by atoms with Crippen LogP contribution in [0.3, 0.4) is 0 Å². The maximum Gasteiger partial charge on any atom is 0.341 e. The number of carbonyl (C=O) groups excluding carboxylic acids is 1. The van der Waals surface area contributed by atoms with Crippen molar-refractivity contribution >= 4 is 11.9 Å². The van der Waals surface area contributed by atoms with Crippen LogP contribution in [-0.4, -0.2) is 60.5 Å². The van der Waals surface area contributed by atoms with Gasteiger partial charge in [0.15, 0.2) is 0 Å². The summed E-state index contributed by atoms with van der Waals surface area (Å²) in [5, 5.41) is 9.76. The van der Waals surface area contributed by atoms with Gasteiger partial charge in [-0.3, -0.25) is 4.79 Å². The van der Waals surface area contributed by atoms with Gasteiger partial charge in [-0.2, -0.15) is 0 Å². The second-order valence-corrected chi connectivity index (χ2v) is 10.7. The van der Waals surface area contributed by atoms with E-state index in [4.69, 9.17) is 28.4 Å². The summed E-state index contributed by atoms with van der Waals surface area (Å²) in [7, 11) is 0. The number of benzene rings is 3. The Bertz CT molecular complexity index is 1290. The third kappa shape index (κ3) is 7.81. The first-order chi connectivity index (χ1) is 20.5. The topological polar surface area (TPSA) is 110 Å². The molecule has 0 radical (unpaired) electrons. The largest absolute Gasteiger partial charge is 0.481 e. The monoisotopic (exact) mass is 576 g/mol. The van der Waals surface area contributed by atoms with Gasteiger partial charge in [0, 0.05) is 6.42 Å². The number of carboxylic acid groups (broad SMARTS) is 1. The Morgan fingerprint density at radius 2 is 1.36 bits per heavy atom. The quantitative estimate of drug-likeness (QED) is 0.290. The Morgan fingerprint density at radius 1 is 0.786 bits per heavy atom. The molecule has 0 saturated carbocycles. The molecule has 2 aliphatic rings. The summed E-state index contributed by atoms with van der Waals surface area (Å²) in [6.07, 6.45) is -1.18. The number of carboxylic acids is 1. The molecule has 2 fully saturated rings. The van der Waals surface area contributed by atoms with Gasteiger partial charge in [-0.25, -0.2) is 4.79 Å². The molecule has 0 amide bonds. The minimum Gasteiger partial charge on any atom is -0.481 e. The second-order valence-electron chi connectivity index (χ2n) is 10.7. The normalized spacial score (nSPS) is 25.3. The minimum absolute atomic E-state index is 0.0235. The second kappa shape index (κ2) is 14.0. The molecule has 42 heavy (non-hydrogen) atoms. The van der Waals surface area contributed by atoms with Gasteiger partial charge in [0.2, 0.25) is 11.9 Å². The molecule has 3 aromatic rings. The molecular formula is C33H36O9.